The number of nitrogens with one attached hydrogen (secondary N) is 1. The fourth-order valence-corrected chi connectivity index (χ4v) is 2.99. The molecule has 1 N–H and O–H groups in total. The fourth-order valence-electron chi connectivity index (χ4n) is 2.99. The molecule has 0 bridgehead atoms. The first-order chi connectivity index (χ1) is 13.6. The van der Waals surface area contributed by atoms with Gasteiger partial charge in [-0.05, 0) is 60.4 Å². The Morgan fingerprint density at radius 3 is 2.10 bits per heavy atom. The summed E-state index contributed by atoms with van der Waals surface area (Å²) in [7, 11) is 0. The van der Waals surface area contributed by atoms with Crippen molar-refractivity contribution in [2.75, 3.05) is 5.32 Å². The Hall–Kier alpha value is -3.22. The molecule has 0 saturated heterocycles. The smallest absolute Gasteiger partial charge is 0.322 e. The first-order valence-electron chi connectivity index (χ1n) is 8.66. The molecule has 150 valence electrons. The largest absolute Gasteiger partial charge is 0.416 e. The van der Waals surface area contributed by atoms with Crippen molar-refractivity contribution in [1.82, 2.24) is 0 Å². The zero-order valence-electron chi connectivity index (χ0n) is 15.3. The Morgan fingerprint density at radius 1 is 0.931 bits per heavy atom. The van der Waals surface area contributed by atoms with Crippen molar-refractivity contribution in [3.63, 3.8) is 0 Å². The van der Waals surface area contributed by atoms with E-state index in [1.807, 2.05) is 0 Å². The van der Waals surface area contributed by atoms with E-state index >= 15 is 0 Å². The summed E-state index contributed by atoms with van der Waals surface area (Å²) in [5.41, 5.74) is -0.0725. The number of rotatable bonds is 4. The van der Waals surface area contributed by atoms with Crippen LogP contribution in [0.15, 0.2) is 60.7 Å². The van der Waals surface area contributed by atoms with Gasteiger partial charge in [-0.15, -0.1) is 0 Å². The molecule has 0 unspecified atom stereocenters. The van der Waals surface area contributed by atoms with Crippen LogP contribution >= 0.6 is 0 Å². The lowest BCUT2D eigenvalue weighted by Crippen LogP contribution is -2.16. The average Bonchev–Trinajstić information content (AvgIpc) is 2.62. The van der Waals surface area contributed by atoms with Crippen molar-refractivity contribution in [1.29, 1.82) is 0 Å². The van der Waals surface area contributed by atoms with Gasteiger partial charge in [0.05, 0.1) is 5.56 Å². The zero-order valence-corrected chi connectivity index (χ0v) is 15.3. The van der Waals surface area contributed by atoms with Crippen LogP contribution in [0.25, 0.3) is 0 Å². The number of amides is 1. The van der Waals surface area contributed by atoms with Gasteiger partial charge >= 0.3 is 6.18 Å². The average molecular weight is 405 g/mol. The first-order valence-corrected chi connectivity index (χ1v) is 8.66. The molecule has 0 heterocycles. The summed E-state index contributed by atoms with van der Waals surface area (Å²) in [6.07, 6.45) is -4.40. The van der Waals surface area contributed by atoms with Gasteiger partial charge in [-0.2, -0.15) is 13.2 Å². The van der Waals surface area contributed by atoms with Crippen LogP contribution in [0.2, 0.25) is 0 Å². The molecule has 3 aromatic carbocycles. The van der Waals surface area contributed by atoms with Crippen LogP contribution < -0.4 is 5.32 Å². The number of halogens is 5. The van der Waals surface area contributed by atoms with Gasteiger partial charge in [0, 0.05) is 5.69 Å². The number of hydrogen-bond acceptors (Lipinski definition) is 1. The summed E-state index contributed by atoms with van der Waals surface area (Å²) in [5.74, 6) is -2.89. The first kappa shape index (κ1) is 20.5. The number of hydrogen-bond donors (Lipinski definition) is 1. The number of carbonyl (C=O) groups is 1. The zero-order chi connectivity index (χ0) is 21.2. The van der Waals surface area contributed by atoms with Gasteiger partial charge in [0.15, 0.2) is 0 Å². The number of anilines is 1. The van der Waals surface area contributed by atoms with Crippen LogP contribution in [0.4, 0.5) is 27.6 Å². The lowest BCUT2D eigenvalue weighted by molar-refractivity contribution is -0.138. The van der Waals surface area contributed by atoms with E-state index in [-0.39, 0.29) is 17.7 Å². The summed E-state index contributed by atoms with van der Waals surface area (Å²) in [5, 5.41) is 2.39. The molecular weight excluding hydrogens is 389 g/mol. The van der Waals surface area contributed by atoms with Gasteiger partial charge < -0.3 is 5.32 Å². The van der Waals surface area contributed by atoms with Crippen molar-refractivity contribution in [3.05, 3.63) is 100 Å². The highest BCUT2D eigenvalue weighted by atomic mass is 19.4. The second-order valence-electron chi connectivity index (χ2n) is 6.59. The molecule has 2 nitrogen and oxygen atoms in total. The van der Waals surface area contributed by atoms with Gasteiger partial charge in [0.25, 0.3) is 5.91 Å². The number of benzene rings is 3. The van der Waals surface area contributed by atoms with Gasteiger partial charge in [-0.3, -0.25) is 4.79 Å². The van der Waals surface area contributed by atoms with Crippen LogP contribution in [0.1, 0.15) is 32.6 Å². The lowest BCUT2D eigenvalue weighted by atomic mass is 9.99. The van der Waals surface area contributed by atoms with Crippen LogP contribution in [0.3, 0.4) is 0 Å². The lowest BCUT2D eigenvalue weighted by Gasteiger charge is -2.13. The van der Waals surface area contributed by atoms with Crippen LogP contribution in [0.5, 0.6) is 0 Å². The number of aryl methyl sites for hydroxylation is 1. The number of alkyl halides is 3. The topological polar surface area (TPSA) is 29.1 Å². The van der Waals surface area contributed by atoms with E-state index in [4.69, 9.17) is 0 Å². The van der Waals surface area contributed by atoms with E-state index in [1.54, 1.807) is 12.1 Å². The molecule has 0 spiro atoms. The standard InChI is InChI=1S/C22H16F5NO/c1-13-10-18(23)20(19(24)11-13)21(29)28-16-8-6-14(7-9-16)12-15-4-2-3-5-17(15)22(25,26)27/h2-11H,12H2,1H3,(H,28,29). The molecule has 0 aromatic heterocycles. The third-order valence-electron chi connectivity index (χ3n) is 4.34. The Balaban J connectivity index is 1.76. The molecule has 3 rings (SSSR count). The van der Waals surface area contributed by atoms with E-state index in [9.17, 15) is 26.7 Å². The highest BCUT2D eigenvalue weighted by molar-refractivity contribution is 6.04. The van der Waals surface area contributed by atoms with Gasteiger partial charge in [0.2, 0.25) is 0 Å². The normalized spacial score (nSPS) is 11.4. The molecule has 3 aromatic rings. The quantitative estimate of drug-likeness (QED) is 0.520. The Labute approximate surface area is 164 Å². The molecular formula is C22H16F5NO. The molecule has 0 saturated carbocycles. The highest BCUT2D eigenvalue weighted by Crippen LogP contribution is 2.33. The van der Waals surface area contributed by atoms with Crippen molar-refractivity contribution < 1.29 is 26.7 Å². The minimum atomic E-state index is -4.45. The van der Waals surface area contributed by atoms with E-state index in [0.29, 0.717) is 11.1 Å². The predicted octanol–water partition coefficient (Wildman–Crippen LogP) is 6.14. The van der Waals surface area contributed by atoms with E-state index in [2.05, 4.69) is 5.32 Å². The summed E-state index contributed by atoms with van der Waals surface area (Å²) in [6.45, 7) is 1.50. The molecule has 7 heteroatoms. The maximum absolute atomic E-state index is 13.9. The molecule has 0 aliphatic heterocycles. The molecule has 0 aliphatic carbocycles. The maximum atomic E-state index is 13.9. The van der Waals surface area contributed by atoms with E-state index < -0.39 is 34.8 Å². The van der Waals surface area contributed by atoms with Gasteiger partial charge in [0.1, 0.15) is 17.2 Å². The number of carbonyl (C=O) groups excluding carboxylic acids is 1. The van der Waals surface area contributed by atoms with Crippen molar-refractivity contribution in [2.45, 2.75) is 19.5 Å². The van der Waals surface area contributed by atoms with E-state index in [0.717, 1.165) is 18.2 Å². The third-order valence-corrected chi connectivity index (χ3v) is 4.34. The molecule has 0 atom stereocenters. The minimum Gasteiger partial charge on any atom is -0.322 e. The van der Waals surface area contributed by atoms with Crippen LogP contribution in [0, 0.1) is 18.6 Å². The summed E-state index contributed by atoms with van der Waals surface area (Å²) in [6, 6.07) is 13.4. The SMILES string of the molecule is Cc1cc(F)c(C(=O)Nc2ccc(Cc3ccccc3C(F)(F)F)cc2)c(F)c1. The Bertz CT molecular complexity index is 1020. The molecule has 29 heavy (non-hydrogen) atoms. The predicted molar refractivity (Wildman–Crippen MR) is 99.7 cm³/mol. The molecule has 0 aliphatic rings. The summed E-state index contributed by atoms with van der Waals surface area (Å²) in [4.78, 5) is 12.2. The van der Waals surface area contributed by atoms with Gasteiger partial charge in [-0.1, -0.05) is 30.3 Å². The van der Waals surface area contributed by atoms with Crippen LogP contribution in [-0.2, 0) is 12.6 Å². The van der Waals surface area contributed by atoms with Gasteiger partial charge in [-0.25, -0.2) is 8.78 Å². The Morgan fingerprint density at radius 2 is 1.52 bits per heavy atom. The second kappa shape index (κ2) is 8.03. The second-order valence-corrected chi connectivity index (χ2v) is 6.59. The molecule has 0 radical (unpaired) electrons. The molecule has 1 amide bonds. The fraction of sp³-hybridized carbons (Fsp3) is 0.136. The summed E-state index contributed by atoms with van der Waals surface area (Å²) >= 11 is 0. The molecule has 0 fully saturated rings. The van der Waals surface area contributed by atoms with Crippen molar-refractivity contribution in [3.8, 4) is 0 Å². The summed E-state index contributed by atoms with van der Waals surface area (Å²) < 4.78 is 67.1. The van der Waals surface area contributed by atoms with E-state index in [1.165, 1.54) is 37.3 Å². The maximum Gasteiger partial charge on any atom is 0.416 e. The monoisotopic (exact) mass is 405 g/mol. The van der Waals surface area contributed by atoms with Crippen LogP contribution in [-0.4, -0.2) is 5.91 Å². The highest BCUT2D eigenvalue weighted by Gasteiger charge is 2.32. The van der Waals surface area contributed by atoms with Crippen molar-refractivity contribution in [2.24, 2.45) is 0 Å². The third kappa shape index (κ3) is 4.80. The minimum absolute atomic E-state index is 0.0468. The van der Waals surface area contributed by atoms with Crippen molar-refractivity contribution >= 4 is 11.6 Å². The Kier molecular flexibility index (Phi) is 5.68.